The van der Waals surface area contributed by atoms with Crippen molar-refractivity contribution in [3.8, 4) is 0 Å². The van der Waals surface area contributed by atoms with Crippen LogP contribution < -0.4 is 10.2 Å². The van der Waals surface area contributed by atoms with Gasteiger partial charge in [0, 0.05) is 25.8 Å². The van der Waals surface area contributed by atoms with Crippen molar-refractivity contribution < 1.29 is 0 Å². The highest BCUT2D eigenvalue weighted by Crippen LogP contribution is 2.28. The van der Waals surface area contributed by atoms with E-state index in [9.17, 15) is 0 Å². The van der Waals surface area contributed by atoms with Gasteiger partial charge in [0.15, 0.2) is 5.82 Å². The number of aromatic nitrogens is 2. The molecule has 0 bridgehead atoms. The Kier molecular flexibility index (Phi) is 3.42. The van der Waals surface area contributed by atoms with E-state index in [2.05, 4.69) is 39.9 Å². The van der Waals surface area contributed by atoms with E-state index in [0.717, 1.165) is 37.0 Å². The van der Waals surface area contributed by atoms with Gasteiger partial charge in [-0.15, -0.1) is 0 Å². The lowest BCUT2D eigenvalue weighted by Crippen LogP contribution is -2.22. The zero-order valence-electron chi connectivity index (χ0n) is 11.8. The summed E-state index contributed by atoms with van der Waals surface area (Å²) >= 11 is 0. The molecule has 0 saturated carbocycles. The van der Waals surface area contributed by atoms with Gasteiger partial charge in [-0.1, -0.05) is 19.4 Å². The zero-order chi connectivity index (χ0) is 13.2. The van der Waals surface area contributed by atoms with Gasteiger partial charge in [-0.3, -0.25) is 0 Å². The number of nitrogens with zero attached hydrogens (tertiary/aromatic N) is 3. The average molecular weight is 258 g/mol. The van der Waals surface area contributed by atoms with Crippen molar-refractivity contribution >= 4 is 11.5 Å². The Hall–Kier alpha value is -1.55. The first-order valence-corrected chi connectivity index (χ1v) is 7.19. The molecule has 1 saturated heterocycles. The van der Waals surface area contributed by atoms with E-state index in [0.29, 0.717) is 0 Å². The van der Waals surface area contributed by atoms with Crippen LogP contribution >= 0.6 is 0 Å². The summed E-state index contributed by atoms with van der Waals surface area (Å²) in [6.07, 6.45) is 4.67. The first-order valence-electron chi connectivity index (χ1n) is 7.19. The van der Waals surface area contributed by atoms with Crippen molar-refractivity contribution in [3.63, 3.8) is 0 Å². The number of rotatable bonds is 4. The molecular formula is C15H22N4. The highest BCUT2D eigenvalue weighted by Gasteiger charge is 2.25. The number of pyridine rings is 1. The Labute approximate surface area is 114 Å². The second-order valence-electron chi connectivity index (χ2n) is 5.35. The van der Waals surface area contributed by atoms with Crippen molar-refractivity contribution in [2.75, 3.05) is 25.0 Å². The summed E-state index contributed by atoms with van der Waals surface area (Å²) in [5, 5.41) is 3.26. The van der Waals surface area contributed by atoms with Crippen LogP contribution in [0.1, 0.15) is 25.5 Å². The van der Waals surface area contributed by atoms with Crippen molar-refractivity contribution in [1.29, 1.82) is 0 Å². The van der Waals surface area contributed by atoms with E-state index in [1.807, 2.05) is 13.1 Å². The molecule has 3 heterocycles. The maximum absolute atomic E-state index is 4.83. The molecule has 3 rings (SSSR count). The van der Waals surface area contributed by atoms with Crippen LogP contribution in [0.3, 0.4) is 0 Å². The van der Waals surface area contributed by atoms with Crippen LogP contribution in [0.2, 0.25) is 0 Å². The molecule has 1 unspecified atom stereocenters. The first-order chi connectivity index (χ1) is 9.33. The van der Waals surface area contributed by atoms with Gasteiger partial charge < -0.3 is 14.6 Å². The molecule has 1 fully saturated rings. The minimum Gasteiger partial charge on any atom is -0.355 e. The number of imidazole rings is 1. The fourth-order valence-corrected chi connectivity index (χ4v) is 2.98. The molecule has 2 aromatic rings. The van der Waals surface area contributed by atoms with Crippen LogP contribution in [0.25, 0.3) is 5.65 Å². The van der Waals surface area contributed by atoms with E-state index < -0.39 is 0 Å². The highest BCUT2D eigenvalue weighted by molar-refractivity contribution is 5.56. The molecule has 4 nitrogen and oxygen atoms in total. The number of hydrogen-bond acceptors (Lipinski definition) is 3. The summed E-state index contributed by atoms with van der Waals surface area (Å²) < 4.78 is 2.20. The van der Waals surface area contributed by atoms with Crippen LogP contribution in [0.15, 0.2) is 24.4 Å². The molecular weight excluding hydrogens is 236 g/mol. The molecule has 1 aliphatic heterocycles. The monoisotopic (exact) mass is 258 g/mol. The third kappa shape index (κ3) is 2.21. The molecule has 19 heavy (non-hydrogen) atoms. The summed E-state index contributed by atoms with van der Waals surface area (Å²) in [7, 11) is 1.99. The largest absolute Gasteiger partial charge is 0.355 e. The molecule has 2 aromatic heterocycles. The number of anilines is 1. The van der Waals surface area contributed by atoms with Gasteiger partial charge in [-0.25, -0.2) is 4.98 Å². The predicted molar refractivity (Wildman–Crippen MR) is 78.6 cm³/mol. The number of nitrogens with one attached hydrogen (secondary N) is 1. The Morgan fingerprint density at radius 3 is 3.05 bits per heavy atom. The molecule has 0 radical (unpaired) electrons. The van der Waals surface area contributed by atoms with E-state index in [1.165, 1.54) is 18.5 Å². The van der Waals surface area contributed by atoms with E-state index in [1.54, 1.807) is 0 Å². The van der Waals surface area contributed by atoms with Gasteiger partial charge in [0.2, 0.25) is 0 Å². The summed E-state index contributed by atoms with van der Waals surface area (Å²) in [4.78, 5) is 7.28. The van der Waals surface area contributed by atoms with Crippen molar-refractivity contribution in [3.05, 3.63) is 30.1 Å². The minimum atomic E-state index is 0.826. The Morgan fingerprint density at radius 1 is 1.42 bits per heavy atom. The fourth-order valence-electron chi connectivity index (χ4n) is 2.98. The number of fused-ring (bicyclic) bond motifs is 1. The standard InChI is InChI=1S/C15H22N4/c1-3-12-7-9-18(11-12)15-13(10-16-2)19-8-5-4-6-14(19)17-15/h4-6,8,12,16H,3,7,9-11H2,1-2H3. The molecule has 102 valence electrons. The van der Waals surface area contributed by atoms with Gasteiger partial charge in [-0.2, -0.15) is 0 Å². The van der Waals surface area contributed by atoms with Crippen molar-refractivity contribution in [2.24, 2.45) is 5.92 Å². The molecule has 1 N–H and O–H groups in total. The van der Waals surface area contributed by atoms with E-state index in [-0.39, 0.29) is 0 Å². The normalized spacial score (nSPS) is 19.5. The Morgan fingerprint density at radius 2 is 2.32 bits per heavy atom. The van der Waals surface area contributed by atoms with E-state index in [4.69, 9.17) is 4.98 Å². The smallest absolute Gasteiger partial charge is 0.152 e. The minimum absolute atomic E-state index is 0.826. The average Bonchev–Trinajstić information content (AvgIpc) is 3.04. The van der Waals surface area contributed by atoms with E-state index >= 15 is 0 Å². The van der Waals surface area contributed by atoms with Crippen LogP contribution in [-0.4, -0.2) is 29.5 Å². The molecule has 0 amide bonds. The third-order valence-corrected chi connectivity index (χ3v) is 4.11. The molecule has 0 spiro atoms. The van der Waals surface area contributed by atoms with Crippen molar-refractivity contribution in [1.82, 2.24) is 14.7 Å². The summed E-state index contributed by atoms with van der Waals surface area (Å²) in [6, 6.07) is 6.20. The SMILES string of the molecule is CCC1CCN(c2nc3ccccn3c2CNC)C1. The first kappa shape index (κ1) is 12.5. The molecule has 4 heteroatoms. The lowest BCUT2D eigenvalue weighted by Gasteiger charge is -2.17. The van der Waals surface area contributed by atoms with Gasteiger partial charge in [-0.05, 0) is 31.5 Å². The maximum Gasteiger partial charge on any atom is 0.152 e. The lowest BCUT2D eigenvalue weighted by molar-refractivity contribution is 0.568. The van der Waals surface area contributed by atoms with Crippen LogP contribution in [-0.2, 0) is 6.54 Å². The highest BCUT2D eigenvalue weighted by atomic mass is 15.2. The van der Waals surface area contributed by atoms with Gasteiger partial charge >= 0.3 is 0 Å². The summed E-state index contributed by atoms with van der Waals surface area (Å²) in [6.45, 7) is 5.43. The Balaban J connectivity index is 2.00. The predicted octanol–water partition coefficient (Wildman–Crippen LogP) is 2.29. The zero-order valence-corrected chi connectivity index (χ0v) is 11.8. The maximum atomic E-state index is 4.83. The third-order valence-electron chi connectivity index (χ3n) is 4.11. The second-order valence-corrected chi connectivity index (χ2v) is 5.35. The topological polar surface area (TPSA) is 32.6 Å². The summed E-state index contributed by atoms with van der Waals surface area (Å²) in [5.74, 6) is 1.99. The van der Waals surface area contributed by atoms with Crippen molar-refractivity contribution in [2.45, 2.75) is 26.3 Å². The summed E-state index contributed by atoms with van der Waals surface area (Å²) in [5.41, 5.74) is 2.32. The van der Waals surface area contributed by atoms with Gasteiger partial charge in [0.05, 0.1) is 5.69 Å². The molecule has 0 aromatic carbocycles. The molecule has 1 atom stereocenters. The fraction of sp³-hybridized carbons (Fsp3) is 0.533. The van der Waals surface area contributed by atoms with Crippen LogP contribution in [0, 0.1) is 5.92 Å². The number of hydrogen-bond donors (Lipinski definition) is 1. The van der Waals surface area contributed by atoms with Crippen LogP contribution in [0.4, 0.5) is 5.82 Å². The Bertz CT molecular complexity index is 560. The molecule has 0 aliphatic carbocycles. The lowest BCUT2D eigenvalue weighted by atomic mass is 10.1. The van der Waals surface area contributed by atoms with Gasteiger partial charge in [0.1, 0.15) is 5.65 Å². The van der Waals surface area contributed by atoms with Crippen LogP contribution in [0.5, 0.6) is 0 Å². The van der Waals surface area contributed by atoms with Gasteiger partial charge in [0.25, 0.3) is 0 Å². The second kappa shape index (κ2) is 5.21. The molecule has 1 aliphatic rings. The quantitative estimate of drug-likeness (QED) is 0.913.